The quantitative estimate of drug-likeness (QED) is 0.560. The minimum atomic E-state index is -0.588. The third-order valence-corrected chi connectivity index (χ3v) is 4.00. The Balaban J connectivity index is 2.03. The van der Waals surface area contributed by atoms with Gasteiger partial charge in [-0.15, -0.1) is 0 Å². The molecule has 6 heteroatoms. The minimum absolute atomic E-state index is 0.130. The molecule has 2 atom stereocenters. The van der Waals surface area contributed by atoms with Crippen LogP contribution in [-0.4, -0.2) is 47.9 Å². The van der Waals surface area contributed by atoms with Gasteiger partial charge >= 0.3 is 12.1 Å². The Morgan fingerprint density at radius 3 is 2.56 bits per heavy atom. The highest BCUT2D eigenvalue weighted by Gasteiger charge is 2.37. The molecule has 0 N–H and O–H groups in total. The zero-order valence-electron chi connectivity index (χ0n) is 16.5. The van der Waals surface area contributed by atoms with Gasteiger partial charge in [-0.05, 0) is 39.7 Å². The first kappa shape index (κ1) is 21.0. The Bertz CT molecular complexity index is 650. The maximum Gasteiger partial charge on any atom is 0.410 e. The Kier molecular flexibility index (Phi) is 7.42. The number of esters is 1. The van der Waals surface area contributed by atoms with Crippen molar-refractivity contribution in [2.75, 3.05) is 13.2 Å². The monoisotopic (exact) mass is 375 g/mol. The summed E-state index contributed by atoms with van der Waals surface area (Å²) in [6.07, 6.45) is 3.11. The van der Waals surface area contributed by atoms with Crippen molar-refractivity contribution in [3.8, 4) is 0 Å². The van der Waals surface area contributed by atoms with Crippen LogP contribution in [0.3, 0.4) is 0 Å². The van der Waals surface area contributed by atoms with Gasteiger partial charge in [-0.25, -0.2) is 9.59 Å². The number of rotatable bonds is 6. The van der Waals surface area contributed by atoms with E-state index in [1.165, 1.54) is 6.08 Å². The van der Waals surface area contributed by atoms with Gasteiger partial charge in [0.25, 0.3) is 0 Å². The lowest BCUT2D eigenvalue weighted by atomic mass is 10.2. The van der Waals surface area contributed by atoms with Crippen molar-refractivity contribution < 1.29 is 23.8 Å². The zero-order valence-corrected chi connectivity index (χ0v) is 16.5. The van der Waals surface area contributed by atoms with Crippen molar-refractivity contribution in [1.29, 1.82) is 0 Å². The Labute approximate surface area is 161 Å². The van der Waals surface area contributed by atoms with E-state index >= 15 is 0 Å². The number of nitrogens with zero attached hydrogens (tertiary/aromatic N) is 1. The maximum atomic E-state index is 12.6. The van der Waals surface area contributed by atoms with Crippen LogP contribution in [0.4, 0.5) is 4.79 Å². The fourth-order valence-electron chi connectivity index (χ4n) is 2.83. The van der Waals surface area contributed by atoms with Crippen LogP contribution in [0.15, 0.2) is 42.5 Å². The summed E-state index contributed by atoms with van der Waals surface area (Å²) in [7, 11) is 0. The second kappa shape index (κ2) is 9.55. The highest BCUT2D eigenvalue weighted by molar-refractivity contribution is 5.82. The molecule has 0 spiro atoms. The van der Waals surface area contributed by atoms with Gasteiger partial charge in [-0.2, -0.15) is 0 Å². The highest BCUT2D eigenvalue weighted by Crippen LogP contribution is 2.25. The molecule has 0 radical (unpaired) electrons. The molecule has 1 aromatic rings. The summed E-state index contributed by atoms with van der Waals surface area (Å²) >= 11 is 0. The van der Waals surface area contributed by atoms with Crippen molar-refractivity contribution >= 4 is 12.1 Å². The average molecular weight is 375 g/mol. The van der Waals surface area contributed by atoms with Crippen LogP contribution in [0, 0.1) is 0 Å². The first-order valence-electron chi connectivity index (χ1n) is 9.28. The summed E-state index contributed by atoms with van der Waals surface area (Å²) in [5.41, 5.74) is 0.488. The van der Waals surface area contributed by atoms with E-state index in [-0.39, 0.29) is 12.1 Å². The molecule has 1 fully saturated rings. The van der Waals surface area contributed by atoms with Gasteiger partial charge in [0.05, 0.1) is 31.9 Å². The Morgan fingerprint density at radius 1 is 1.22 bits per heavy atom. The van der Waals surface area contributed by atoms with E-state index in [2.05, 4.69) is 0 Å². The van der Waals surface area contributed by atoms with Gasteiger partial charge in [-0.3, -0.25) is 4.90 Å². The van der Waals surface area contributed by atoms with Crippen LogP contribution in [0.25, 0.3) is 0 Å². The molecule has 1 aromatic carbocycles. The van der Waals surface area contributed by atoms with Gasteiger partial charge in [0.1, 0.15) is 5.60 Å². The predicted molar refractivity (Wildman–Crippen MR) is 102 cm³/mol. The molecule has 2 rings (SSSR count). The Morgan fingerprint density at radius 2 is 1.93 bits per heavy atom. The van der Waals surface area contributed by atoms with Crippen molar-refractivity contribution in [1.82, 2.24) is 4.90 Å². The summed E-state index contributed by atoms with van der Waals surface area (Å²) in [6.45, 7) is 8.44. The van der Waals surface area contributed by atoms with Gasteiger partial charge in [0.2, 0.25) is 0 Å². The fraction of sp³-hybridized carbons (Fsp3) is 0.524. The lowest BCUT2D eigenvalue weighted by Gasteiger charge is -2.27. The van der Waals surface area contributed by atoms with E-state index in [1.807, 2.05) is 51.1 Å². The minimum Gasteiger partial charge on any atom is -0.463 e. The van der Waals surface area contributed by atoms with E-state index in [0.717, 1.165) is 5.56 Å². The third-order valence-electron chi connectivity index (χ3n) is 4.00. The van der Waals surface area contributed by atoms with E-state index < -0.39 is 17.7 Å². The molecular formula is C21H29NO5. The molecule has 0 bridgehead atoms. The van der Waals surface area contributed by atoms with Crippen molar-refractivity contribution in [2.45, 2.75) is 58.5 Å². The second-order valence-corrected chi connectivity index (χ2v) is 7.47. The summed E-state index contributed by atoms with van der Waals surface area (Å²) < 4.78 is 16.4. The van der Waals surface area contributed by atoms with E-state index in [0.29, 0.717) is 26.2 Å². The van der Waals surface area contributed by atoms with E-state index in [4.69, 9.17) is 14.2 Å². The molecule has 148 valence electrons. The first-order chi connectivity index (χ1) is 12.8. The maximum absolute atomic E-state index is 12.6. The number of hydrogen-bond acceptors (Lipinski definition) is 5. The number of benzene rings is 1. The first-order valence-corrected chi connectivity index (χ1v) is 9.28. The van der Waals surface area contributed by atoms with Crippen molar-refractivity contribution in [3.05, 3.63) is 48.0 Å². The van der Waals surface area contributed by atoms with Gasteiger partial charge in [0.15, 0.2) is 0 Å². The standard InChI is InChI=1S/C21H29NO5/c1-5-25-19(23)12-11-17-13-18(26-15-16-9-7-6-8-10-16)14-22(17)20(24)27-21(2,3)4/h6-12,17-18H,5,13-15H2,1-4H3/b12-11+/t17-,18+/m1/s1. The molecule has 1 aliphatic heterocycles. The lowest BCUT2D eigenvalue weighted by molar-refractivity contribution is -0.137. The van der Waals surface area contributed by atoms with Crippen LogP contribution in [0.2, 0.25) is 0 Å². The number of ether oxygens (including phenoxy) is 3. The molecule has 6 nitrogen and oxygen atoms in total. The summed E-state index contributed by atoms with van der Waals surface area (Å²) in [6, 6.07) is 9.61. The average Bonchev–Trinajstić information content (AvgIpc) is 3.01. The molecule has 0 aliphatic carbocycles. The number of carbonyl (C=O) groups excluding carboxylic acids is 2. The van der Waals surface area contributed by atoms with Crippen LogP contribution in [0.1, 0.15) is 39.7 Å². The van der Waals surface area contributed by atoms with Gasteiger partial charge in [-0.1, -0.05) is 36.4 Å². The topological polar surface area (TPSA) is 65.1 Å². The van der Waals surface area contributed by atoms with Crippen LogP contribution in [0.5, 0.6) is 0 Å². The zero-order chi connectivity index (χ0) is 19.9. The largest absolute Gasteiger partial charge is 0.463 e. The summed E-state index contributed by atoms with van der Waals surface area (Å²) in [5, 5.41) is 0. The highest BCUT2D eigenvalue weighted by atomic mass is 16.6. The van der Waals surface area contributed by atoms with Gasteiger partial charge in [0, 0.05) is 6.08 Å². The number of hydrogen-bond donors (Lipinski definition) is 0. The molecule has 1 aliphatic rings. The smallest absolute Gasteiger partial charge is 0.410 e. The molecule has 0 unspecified atom stereocenters. The Hall–Kier alpha value is -2.34. The number of amides is 1. The molecule has 1 saturated heterocycles. The number of carbonyl (C=O) groups is 2. The van der Waals surface area contributed by atoms with E-state index in [1.54, 1.807) is 17.9 Å². The normalized spacial score (nSPS) is 20.1. The molecule has 1 heterocycles. The van der Waals surface area contributed by atoms with Crippen molar-refractivity contribution in [3.63, 3.8) is 0 Å². The summed E-state index contributed by atoms with van der Waals surface area (Å²) in [4.78, 5) is 25.8. The molecule has 27 heavy (non-hydrogen) atoms. The SMILES string of the molecule is CCOC(=O)/C=C/[C@@H]1C[C@H](OCc2ccccc2)CN1C(=O)OC(C)(C)C. The van der Waals surface area contributed by atoms with Crippen LogP contribution >= 0.6 is 0 Å². The van der Waals surface area contributed by atoms with Crippen LogP contribution < -0.4 is 0 Å². The predicted octanol–water partition coefficient (Wildman–Crippen LogP) is 3.70. The van der Waals surface area contributed by atoms with Gasteiger partial charge < -0.3 is 14.2 Å². The fourth-order valence-corrected chi connectivity index (χ4v) is 2.83. The second-order valence-electron chi connectivity index (χ2n) is 7.47. The van der Waals surface area contributed by atoms with Crippen LogP contribution in [-0.2, 0) is 25.6 Å². The third kappa shape index (κ3) is 7.06. The molecule has 0 saturated carbocycles. The van der Waals surface area contributed by atoms with Crippen molar-refractivity contribution in [2.24, 2.45) is 0 Å². The lowest BCUT2D eigenvalue weighted by Crippen LogP contribution is -2.39. The summed E-state index contributed by atoms with van der Waals surface area (Å²) in [5.74, 6) is -0.421. The molecular weight excluding hydrogens is 346 g/mol. The number of likely N-dealkylation sites (tertiary alicyclic amines) is 1. The van der Waals surface area contributed by atoms with E-state index in [9.17, 15) is 9.59 Å². The molecule has 0 aromatic heterocycles. The molecule has 1 amide bonds.